The lowest BCUT2D eigenvalue weighted by Crippen LogP contribution is -2.28. The molecule has 2 aliphatic carbocycles. The van der Waals surface area contributed by atoms with Crippen LogP contribution in [0.25, 0.3) is 0 Å². The minimum atomic E-state index is 0.0951. The van der Waals surface area contributed by atoms with E-state index in [0.717, 1.165) is 11.8 Å². The van der Waals surface area contributed by atoms with Gasteiger partial charge in [-0.2, -0.15) is 12.6 Å². The first-order chi connectivity index (χ1) is 5.83. The second kappa shape index (κ2) is 3.29. The molecule has 2 atom stereocenters. The molecule has 2 saturated carbocycles. The summed E-state index contributed by atoms with van der Waals surface area (Å²) in [6.07, 6.45) is 5.35. The van der Waals surface area contributed by atoms with Crippen molar-refractivity contribution >= 4 is 18.5 Å². The molecule has 2 unspecified atom stereocenters. The van der Waals surface area contributed by atoms with Crippen molar-refractivity contribution in [3.05, 3.63) is 0 Å². The van der Waals surface area contributed by atoms with Crippen molar-refractivity contribution in [2.45, 2.75) is 31.7 Å². The van der Waals surface area contributed by atoms with Gasteiger partial charge in [-0.1, -0.05) is 12.8 Å². The molecule has 0 aromatic rings. The van der Waals surface area contributed by atoms with Crippen LogP contribution in [0.2, 0.25) is 0 Å². The van der Waals surface area contributed by atoms with E-state index in [1.807, 2.05) is 0 Å². The number of carbonyl (C=O) groups is 1. The summed E-state index contributed by atoms with van der Waals surface area (Å²) in [4.78, 5) is 11.0. The van der Waals surface area contributed by atoms with Crippen molar-refractivity contribution in [2.75, 3.05) is 5.75 Å². The predicted octanol–water partition coefficient (Wildman–Crippen LogP) is 1.22. The number of rotatable bonds is 2. The van der Waals surface area contributed by atoms with Crippen LogP contribution in [0, 0.1) is 11.8 Å². The number of fused-ring (bicyclic) bond motifs is 1. The van der Waals surface area contributed by atoms with Crippen LogP contribution in [0.1, 0.15) is 25.7 Å². The van der Waals surface area contributed by atoms with Crippen molar-refractivity contribution in [1.82, 2.24) is 5.32 Å². The normalized spacial score (nSPS) is 38.6. The average Bonchev–Trinajstić information content (AvgIpc) is 2.80. The molecule has 2 fully saturated rings. The molecule has 0 heterocycles. The molecule has 0 aromatic carbocycles. The van der Waals surface area contributed by atoms with Crippen LogP contribution in [0.5, 0.6) is 0 Å². The molecule has 0 spiro atoms. The Bertz CT molecular complexity index is 183. The van der Waals surface area contributed by atoms with Gasteiger partial charge in [-0.25, -0.2) is 0 Å². The van der Waals surface area contributed by atoms with Crippen molar-refractivity contribution in [2.24, 2.45) is 11.8 Å². The highest BCUT2D eigenvalue weighted by Gasteiger charge is 2.51. The Hall–Kier alpha value is -0.180. The molecule has 1 amide bonds. The molecular formula is C9H15NOS. The smallest absolute Gasteiger partial charge is 0.229 e. The van der Waals surface area contributed by atoms with Crippen molar-refractivity contribution in [3.8, 4) is 0 Å². The maximum atomic E-state index is 11.0. The summed E-state index contributed by atoms with van der Waals surface area (Å²) in [5.74, 6) is 2.04. The molecule has 1 N–H and O–H groups in total. The number of hydrogen-bond acceptors (Lipinski definition) is 2. The maximum absolute atomic E-state index is 11.0. The largest absolute Gasteiger partial charge is 0.352 e. The molecule has 2 rings (SSSR count). The number of hydrogen-bond donors (Lipinski definition) is 2. The van der Waals surface area contributed by atoms with E-state index in [2.05, 4.69) is 17.9 Å². The molecule has 0 saturated heterocycles. The van der Waals surface area contributed by atoms with E-state index in [1.165, 1.54) is 25.7 Å². The van der Waals surface area contributed by atoms with Crippen LogP contribution < -0.4 is 5.32 Å². The third-order valence-electron chi connectivity index (χ3n) is 3.13. The van der Waals surface area contributed by atoms with Gasteiger partial charge in [0.2, 0.25) is 5.91 Å². The van der Waals surface area contributed by atoms with E-state index in [-0.39, 0.29) is 5.91 Å². The van der Waals surface area contributed by atoms with Crippen molar-refractivity contribution < 1.29 is 4.79 Å². The van der Waals surface area contributed by atoms with Crippen molar-refractivity contribution in [1.29, 1.82) is 0 Å². The summed E-state index contributed by atoms with van der Waals surface area (Å²) >= 11 is 3.94. The Morgan fingerprint density at radius 3 is 2.42 bits per heavy atom. The highest BCUT2D eigenvalue weighted by Crippen LogP contribution is 2.49. The molecule has 2 nitrogen and oxygen atoms in total. The van der Waals surface area contributed by atoms with Gasteiger partial charge >= 0.3 is 0 Å². The van der Waals surface area contributed by atoms with Crippen LogP contribution in [-0.4, -0.2) is 17.7 Å². The van der Waals surface area contributed by atoms with Gasteiger partial charge in [0.05, 0.1) is 5.75 Å². The van der Waals surface area contributed by atoms with E-state index in [4.69, 9.17) is 0 Å². The lowest BCUT2D eigenvalue weighted by molar-refractivity contribution is -0.118. The Morgan fingerprint density at radius 1 is 1.33 bits per heavy atom. The summed E-state index contributed by atoms with van der Waals surface area (Å²) in [7, 11) is 0. The zero-order chi connectivity index (χ0) is 8.55. The van der Waals surface area contributed by atoms with E-state index in [9.17, 15) is 4.79 Å². The lowest BCUT2D eigenvalue weighted by atomic mass is 10.0. The predicted molar refractivity (Wildman–Crippen MR) is 51.2 cm³/mol. The number of carbonyl (C=O) groups excluding carboxylic acids is 1. The van der Waals surface area contributed by atoms with Gasteiger partial charge in [-0.3, -0.25) is 4.79 Å². The number of thiol groups is 1. The monoisotopic (exact) mass is 185 g/mol. The minimum Gasteiger partial charge on any atom is -0.352 e. The van der Waals surface area contributed by atoms with Crippen LogP contribution in [-0.2, 0) is 4.79 Å². The van der Waals surface area contributed by atoms with Crippen LogP contribution >= 0.6 is 12.6 Å². The second-order valence-electron chi connectivity index (χ2n) is 3.86. The molecule has 0 aromatic heterocycles. The minimum absolute atomic E-state index is 0.0951. The van der Waals surface area contributed by atoms with E-state index in [1.54, 1.807) is 0 Å². The Labute approximate surface area is 78.5 Å². The van der Waals surface area contributed by atoms with Crippen LogP contribution in [0.15, 0.2) is 0 Å². The standard InChI is InChI=1S/C9H15NOS/c11-8(5-12)10-9-6-3-1-2-4-7(6)9/h6-7,9,12H,1-5H2,(H,10,11). The first-order valence-corrected chi connectivity index (χ1v) is 5.36. The lowest BCUT2D eigenvalue weighted by Gasteiger charge is -2.04. The molecule has 3 heteroatoms. The summed E-state index contributed by atoms with van der Waals surface area (Å²) in [6.45, 7) is 0. The Balaban J connectivity index is 1.81. The Kier molecular flexibility index (Phi) is 2.31. The highest BCUT2D eigenvalue weighted by atomic mass is 32.1. The zero-order valence-corrected chi connectivity index (χ0v) is 8.02. The van der Waals surface area contributed by atoms with Gasteiger partial charge < -0.3 is 5.32 Å². The van der Waals surface area contributed by atoms with Gasteiger partial charge in [0.25, 0.3) is 0 Å². The Morgan fingerprint density at radius 2 is 1.92 bits per heavy atom. The third-order valence-corrected chi connectivity index (χ3v) is 3.41. The van der Waals surface area contributed by atoms with E-state index < -0.39 is 0 Å². The quantitative estimate of drug-likeness (QED) is 0.622. The summed E-state index contributed by atoms with van der Waals surface area (Å²) in [6, 6.07) is 0.507. The van der Waals surface area contributed by atoms with Crippen LogP contribution in [0.3, 0.4) is 0 Å². The third kappa shape index (κ3) is 1.47. The summed E-state index contributed by atoms with van der Waals surface area (Å²) in [5.41, 5.74) is 0. The molecule has 0 radical (unpaired) electrons. The molecule has 0 aliphatic heterocycles. The van der Waals surface area contributed by atoms with E-state index >= 15 is 0 Å². The first-order valence-electron chi connectivity index (χ1n) is 4.73. The van der Waals surface area contributed by atoms with Gasteiger partial charge in [0.1, 0.15) is 0 Å². The van der Waals surface area contributed by atoms with Crippen molar-refractivity contribution in [3.63, 3.8) is 0 Å². The average molecular weight is 185 g/mol. The van der Waals surface area contributed by atoms with Gasteiger partial charge in [-0.15, -0.1) is 0 Å². The fourth-order valence-electron chi connectivity index (χ4n) is 2.44. The number of nitrogens with one attached hydrogen (secondary N) is 1. The number of amides is 1. The SMILES string of the molecule is O=C(CS)NC1C2CCCCC21. The highest BCUT2D eigenvalue weighted by molar-refractivity contribution is 7.81. The van der Waals surface area contributed by atoms with Gasteiger partial charge in [-0.05, 0) is 24.7 Å². The summed E-state index contributed by atoms with van der Waals surface area (Å²) < 4.78 is 0. The molecule has 12 heavy (non-hydrogen) atoms. The maximum Gasteiger partial charge on any atom is 0.229 e. The van der Waals surface area contributed by atoms with E-state index in [0.29, 0.717) is 11.8 Å². The molecule has 68 valence electrons. The second-order valence-corrected chi connectivity index (χ2v) is 4.18. The first kappa shape index (κ1) is 8.42. The molecule has 0 bridgehead atoms. The van der Waals surface area contributed by atoms with Crippen LogP contribution in [0.4, 0.5) is 0 Å². The topological polar surface area (TPSA) is 29.1 Å². The zero-order valence-electron chi connectivity index (χ0n) is 7.12. The van der Waals surface area contributed by atoms with Gasteiger partial charge in [0.15, 0.2) is 0 Å². The fourth-order valence-corrected chi connectivity index (χ4v) is 2.53. The summed E-state index contributed by atoms with van der Waals surface area (Å²) in [5, 5.41) is 3.03. The molecular weight excluding hydrogens is 170 g/mol. The molecule has 2 aliphatic rings. The van der Waals surface area contributed by atoms with Gasteiger partial charge in [0, 0.05) is 6.04 Å². The fraction of sp³-hybridized carbons (Fsp3) is 0.889.